The molecule has 2 atom stereocenters. The van der Waals surface area contributed by atoms with Gasteiger partial charge in [-0.05, 0) is 49.4 Å². The maximum Gasteiger partial charge on any atom is 0.306 e. The van der Waals surface area contributed by atoms with Gasteiger partial charge in [-0.15, -0.1) is 0 Å². The van der Waals surface area contributed by atoms with E-state index in [1.165, 1.54) is 0 Å². The minimum absolute atomic E-state index is 0.0318. The summed E-state index contributed by atoms with van der Waals surface area (Å²) < 4.78 is 5.32. The second-order valence-electron chi connectivity index (χ2n) is 6.11. The summed E-state index contributed by atoms with van der Waals surface area (Å²) in [4.78, 5) is 25.6. The Morgan fingerprint density at radius 2 is 1.86 bits per heavy atom. The van der Waals surface area contributed by atoms with Crippen molar-refractivity contribution < 1.29 is 19.4 Å². The molecule has 1 aromatic carbocycles. The summed E-state index contributed by atoms with van der Waals surface area (Å²) in [7, 11) is 1.62. The van der Waals surface area contributed by atoms with Crippen molar-refractivity contribution in [3.63, 3.8) is 0 Å². The van der Waals surface area contributed by atoms with Crippen molar-refractivity contribution in [1.82, 2.24) is 4.90 Å². The van der Waals surface area contributed by atoms with Gasteiger partial charge in [-0.1, -0.05) is 6.92 Å². The number of methoxy groups -OCH3 is 1. The number of benzene rings is 1. The minimum atomic E-state index is -0.768. The Hall–Kier alpha value is -2.04. The Morgan fingerprint density at radius 1 is 1.27 bits per heavy atom. The lowest BCUT2D eigenvalue weighted by molar-refractivity contribution is -0.145. The van der Waals surface area contributed by atoms with Crippen LogP contribution in [0.3, 0.4) is 0 Å². The molecule has 1 N–H and O–H groups in total. The summed E-state index contributed by atoms with van der Waals surface area (Å²) >= 11 is 0. The molecule has 1 saturated heterocycles. The highest BCUT2D eigenvalue weighted by Crippen LogP contribution is 2.28. The fourth-order valence-electron chi connectivity index (χ4n) is 3.28. The molecule has 0 aliphatic carbocycles. The average Bonchev–Trinajstić information content (AvgIpc) is 2.45. The molecular weight excluding hydrogens is 282 g/mol. The van der Waals surface area contributed by atoms with E-state index in [-0.39, 0.29) is 17.7 Å². The number of likely N-dealkylation sites (tertiary alicyclic amines) is 1. The highest BCUT2D eigenvalue weighted by molar-refractivity contribution is 5.95. The molecule has 0 spiro atoms. The van der Waals surface area contributed by atoms with E-state index in [1.807, 2.05) is 32.9 Å². The SMILES string of the molecule is COc1c(C)cc(C(=O)N2CC[C@H](C(=O)O)[C@H](C)C2)cc1C. The molecule has 0 unspecified atom stereocenters. The molecule has 1 aliphatic heterocycles. The number of ether oxygens (including phenoxy) is 1. The number of rotatable bonds is 3. The fourth-order valence-corrected chi connectivity index (χ4v) is 3.28. The molecule has 1 heterocycles. The third-order valence-corrected chi connectivity index (χ3v) is 4.42. The zero-order chi connectivity index (χ0) is 16.4. The van der Waals surface area contributed by atoms with Gasteiger partial charge in [-0.2, -0.15) is 0 Å². The predicted molar refractivity (Wildman–Crippen MR) is 83.3 cm³/mol. The quantitative estimate of drug-likeness (QED) is 0.931. The highest BCUT2D eigenvalue weighted by Gasteiger charge is 2.33. The summed E-state index contributed by atoms with van der Waals surface area (Å²) in [6.45, 7) is 6.71. The average molecular weight is 305 g/mol. The molecule has 0 saturated carbocycles. The largest absolute Gasteiger partial charge is 0.496 e. The van der Waals surface area contributed by atoms with Gasteiger partial charge >= 0.3 is 5.97 Å². The van der Waals surface area contributed by atoms with Crippen LogP contribution in [0.2, 0.25) is 0 Å². The van der Waals surface area contributed by atoms with Crippen molar-refractivity contribution in [3.05, 3.63) is 28.8 Å². The standard InChI is InChI=1S/C17H23NO4/c1-10-7-13(8-11(2)15(10)22-4)16(19)18-6-5-14(17(20)21)12(3)9-18/h7-8,12,14H,5-6,9H2,1-4H3,(H,20,21)/t12-,14+/m1/s1. The zero-order valence-electron chi connectivity index (χ0n) is 13.5. The van der Waals surface area contributed by atoms with Crippen LogP contribution in [0, 0.1) is 25.7 Å². The van der Waals surface area contributed by atoms with Crippen molar-refractivity contribution in [3.8, 4) is 5.75 Å². The van der Waals surface area contributed by atoms with Crippen LogP contribution in [0.4, 0.5) is 0 Å². The molecular formula is C17H23NO4. The molecule has 0 aromatic heterocycles. The Kier molecular flexibility index (Phi) is 4.74. The monoisotopic (exact) mass is 305 g/mol. The summed E-state index contributed by atoms with van der Waals surface area (Å²) in [6, 6.07) is 3.67. The van der Waals surface area contributed by atoms with Gasteiger partial charge in [0.2, 0.25) is 0 Å². The van der Waals surface area contributed by atoms with Gasteiger partial charge in [0.1, 0.15) is 5.75 Å². The van der Waals surface area contributed by atoms with E-state index >= 15 is 0 Å². The lowest BCUT2D eigenvalue weighted by Gasteiger charge is -2.35. The zero-order valence-corrected chi connectivity index (χ0v) is 13.5. The molecule has 120 valence electrons. The van der Waals surface area contributed by atoms with Crippen LogP contribution in [-0.4, -0.2) is 42.1 Å². The molecule has 5 heteroatoms. The van der Waals surface area contributed by atoms with Crippen LogP contribution in [-0.2, 0) is 4.79 Å². The van der Waals surface area contributed by atoms with E-state index in [2.05, 4.69) is 0 Å². The normalized spacial score (nSPS) is 21.5. The number of hydrogen-bond acceptors (Lipinski definition) is 3. The second-order valence-corrected chi connectivity index (χ2v) is 6.11. The molecule has 1 aliphatic rings. The summed E-state index contributed by atoms with van der Waals surface area (Å²) in [5.74, 6) is -0.395. The molecule has 22 heavy (non-hydrogen) atoms. The van der Waals surface area contributed by atoms with Crippen LogP contribution in [0.25, 0.3) is 0 Å². The Morgan fingerprint density at radius 3 is 2.32 bits per heavy atom. The van der Waals surface area contributed by atoms with E-state index in [1.54, 1.807) is 12.0 Å². The van der Waals surface area contributed by atoms with Crippen molar-refractivity contribution in [2.75, 3.05) is 20.2 Å². The van der Waals surface area contributed by atoms with Crippen molar-refractivity contribution in [1.29, 1.82) is 0 Å². The number of carbonyl (C=O) groups excluding carboxylic acids is 1. The van der Waals surface area contributed by atoms with Gasteiger partial charge in [-0.3, -0.25) is 9.59 Å². The van der Waals surface area contributed by atoms with E-state index in [4.69, 9.17) is 9.84 Å². The number of carboxylic acids is 1. The van der Waals surface area contributed by atoms with E-state index in [0.29, 0.717) is 25.1 Å². The van der Waals surface area contributed by atoms with Gasteiger partial charge in [0, 0.05) is 18.7 Å². The molecule has 1 fully saturated rings. The van der Waals surface area contributed by atoms with Crippen LogP contribution < -0.4 is 4.74 Å². The minimum Gasteiger partial charge on any atom is -0.496 e. The first-order chi connectivity index (χ1) is 10.3. The van der Waals surface area contributed by atoms with Crippen LogP contribution >= 0.6 is 0 Å². The lowest BCUT2D eigenvalue weighted by Crippen LogP contribution is -2.45. The summed E-state index contributed by atoms with van der Waals surface area (Å²) in [5.41, 5.74) is 2.50. The van der Waals surface area contributed by atoms with Crippen LogP contribution in [0.15, 0.2) is 12.1 Å². The molecule has 0 radical (unpaired) electrons. The number of carbonyl (C=O) groups is 2. The third-order valence-electron chi connectivity index (χ3n) is 4.42. The van der Waals surface area contributed by atoms with E-state index in [9.17, 15) is 9.59 Å². The maximum absolute atomic E-state index is 12.7. The molecule has 0 bridgehead atoms. The molecule has 1 amide bonds. The van der Waals surface area contributed by atoms with Crippen LogP contribution in [0.5, 0.6) is 5.75 Å². The number of hydrogen-bond donors (Lipinski definition) is 1. The lowest BCUT2D eigenvalue weighted by atomic mass is 9.86. The van der Waals surface area contributed by atoms with Gasteiger partial charge in [0.05, 0.1) is 13.0 Å². The van der Waals surface area contributed by atoms with Gasteiger partial charge < -0.3 is 14.7 Å². The number of nitrogens with zero attached hydrogens (tertiary/aromatic N) is 1. The number of piperidine rings is 1. The number of aryl methyl sites for hydroxylation is 2. The van der Waals surface area contributed by atoms with Gasteiger partial charge in [-0.25, -0.2) is 0 Å². The second kappa shape index (κ2) is 6.38. The smallest absolute Gasteiger partial charge is 0.306 e. The molecule has 1 aromatic rings. The van der Waals surface area contributed by atoms with Crippen molar-refractivity contribution >= 4 is 11.9 Å². The number of amides is 1. The first-order valence-electron chi connectivity index (χ1n) is 7.52. The van der Waals surface area contributed by atoms with Gasteiger partial charge in [0.25, 0.3) is 5.91 Å². The fraction of sp³-hybridized carbons (Fsp3) is 0.529. The number of carboxylic acid groups (broad SMARTS) is 1. The molecule has 2 rings (SSSR count). The summed E-state index contributed by atoms with van der Waals surface area (Å²) in [6.07, 6.45) is 0.510. The first-order valence-corrected chi connectivity index (χ1v) is 7.52. The Bertz CT molecular complexity index is 573. The van der Waals surface area contributed by atoms with Crippen molar-refractivity contribution in [2.24, 2.45) is 11.8 Å². The molecule has 5 nitrogen and oxygen atoms in total. The Labute approximate surface area is 130 Å². The maximum atomic E-state index is 12.7. The third kappa shape index (κ3) is 3.08. The van der Waals surface area contributed by atoms with E-state index < -0.39 is 5.97 Å². The predicted octanol–water partition coefficient (Wildman–Crippen LogP) is 2.49. The highest BCUT2D eigenvalue weighted by atomic mass is 16.5. The summed E-state index contributed by atoms with van der Waals surface area (Å²) in [5, 5.41) is 9.16. The van der Waals surface area contributed by atoms with Crippen molar-refractivity contribution in [2.45, 2.75) is 27.2 Å². The number of aliphatic carboxylic acids is 1. The topological polar surface area (TPSA) is 66.8 Å². The first kappa shape index (κ1) is 16.3. The Balaban J connectivity index is 2.18. The van der Waals surface area contributed by atoms with E-state index in [0.717, 1.165) is 16.9 Å². The van der Waals surface area contributed by atoms with Crippen LogP contribution in [0.1, 0.15) is 34.8 Å². The van der Waals surface area contributed by atoms with Gasteiger partial charge in [0.15, 0.2) is 0 Å².